The first-order valence-corrected chi connectivity index (χ1v) is 10.4. The highest BCUT2D eigenvalue weighted by Gasteiger charge is 2.20. The average molecular weight is 418 g/mol. The molecule has 8 heteroatoms. The lowest BCUT2D eigenvalue weighted by Gasteiger charge is -2.32. The van der Waals surface area contributed by atoms with Crippen molar-refractivity contribution in [1.82, 2.24) is 24.6 Å². The molecule has 0 atom stereocenters. The van der Waals surface area contributed by atoms with E-state index < -0.39 is 0 Å². The van der Waals surface area contributed by atoms with Crippen LogP contribution < -0.4 is 10.9 Å². The van der Waals surface area contributed by atoms with E-state index in [0.29, 0.717) is 17.0 Å². The molecule has 1 saturated heterocycles. The van der Waals surface area contributed by atoms with Gasteiger partial charge >= 0.3 is 0 Å². The van der Waals surface area contributed by atoms with Crippen molar-refractivity contribution >= 4 is 17.0 Å². The Bertz CT molecular complexity index is 1230. The summed E-state index contributed by atoms with van der Waals surface area (Å²) in [5, 5.41) is 8.20. The van der Waals surface area contributed by atoms with E-state index in [2.05, 4.69) is 25.3 Å². The highest BCUT2D eigenvalue weighted by atomic mass is 19.1. The van der Waals surface area contributed by atoms with Crippen LogP contribution in [0.25, 0.3) is 16.7 Å². The molecule has 0 unspecified atom stereocenters. The Morgan fingerprint density at radius 1 is 1.06 bits per heavy atom. The number of nitrogens with one attached hydrogen (secondary N) is 2. The van der Waals surface area contributed by atoms with Crippen LogP contribution in [0.5, 0.6) is 0 Å². The molecule has 4 aromatic rings. The van der Waals surface area contributed by atoms with Crippen LogP contribution in [-0.2, 0) is 6.54 Å². The van der Waals surface area contributed by atoms with Crippen molar-refractivity contribution in [2.45, 2.75) is 25.4 Å². The average Bonchev–Trinajstić information content (AvgIpc) is 3.22. The van der Waals surface area contributed by atoms with Gasteiger partial charge in [0.2, 0.25) is 5.95 Å². The fourth-order valence-electron chi connectivity index (χ4n) is 4.02. The fraction of sp³-hybridized carbons (Fsp3) is 0.261. The lowest BCUT2D eigenvalue weighted by atomic mass is 10.0. The Hall–Kier alpha value is -3.52. The number of halogens is 1. The zero-order valence-corrected chi connectivity index (χ0v) is 17.0. The molecule has 2 aromatic heterocycles. The van der Waals surface area contributed by atoms with Crippen molar-refractivity contribution in [2.75, 3.05) is 18.4 Å². The molecule has 1 aliphatic rings. The molecule has 31 heavy (non-hydrogen) atoms. The van der Waals surface area contributed by atoms with Gasteiger partial charge in [-0.15, -0.1) is 0 Å². The molecule has 3 heterocycles. The summed E-state index contributed by atoms with van der Waals surface area (Å²) in [5.74, 6) is 0.255. The number of hydrogen-bond donors (Lipinski definition) is 2. The molecule has 158 valence electrons. The van der Waals surface area contributed by atoms with E-state index in [1.165, 1.54) is 12.1 Å². The van der Waals surface area contributed by atoms with E-state index in [9.17, 15) is 9.18 Å². The molecule has 2 N–H and O–H groups in total. The number of hydrogen-bond acceptors (Lipinski definition) is 5. The largest absolute Gasteiger partial charge is 0.353 e. The number of para-hydroxylation sites is 1. The lowest BCUT2D eigenvalue weighted by molar-refractivity contribution is 0.211. The van der Waals surface area contributed by atoms with Crippen molar-refractivity contribution in [3.63, 3.8) is 0 Å². The van der Waals surface area contributed by atoms with E-state index in [-0.39, 0.29) is 17.4 Å². The second kappa shape index (κ2) is 8.31. The maximum atomic E-state index is 13.1. The van der Waals surface area contributed by atoms with E-state index in [0.717, 1.165) is 43.7 Å². The van der Waals surface area contributed by atoms with Gasteiger partial charge in [-0.2, -0.15) is 10.1 Å². The number of H-pyrrole nitrogens is 1. The third kappa shape index (κ3) is 4.20. The van der Waals surface area contributed by atoms with E-state index in [4.69, 9.17) is 0 Å². The first-order valence-electron chi connectivity index (χ1n) is 10.4. The predicted molar refractivity (Wildman–Crippen MR) is 118 cm³/mol. The maximum Gasteiger partial charge on any atom is 0.263 e. The molecule has 1 fully saturated rings. The van der Waals surface area contributed by atoms with Gasteiger partial charge in [-0.05, 0) is 42.7 Å². The van der Waals surface area contributed by atoms with Crippen LogP contribution in [0.4, 0.5) is 10.3 Å². The number of fused-ring (bicyclic) bond motifs is 1. The standard InChI is InChI=1S/C23H23FN6O/c24-17-8-6-16(7-9-17)15-29-12-10-18(11-13-29)26-23-27-21-20(22(31)28-23)14-25-30(21)19-4-2-1-3-5-19/h1-9,14,18H,10-13,15H2,(H2,26,27,28,31). The van der Waals surface area contributed by atoms with Crippen molar-refractivity contribution in [2.24, 2.45) is 0 Å². The van der Waals surface area contributed by atoms with Crippen LogP contribution in [-0.4, -0.2) is 43.8 Å². The summed E-state index contributed by atoms with van der Waals surface area (Å²) in [6.07, 6.45) is 3.41. The second-order valence-corrected chi connectivity index (χ2v) is 7.86. The summed E-state index contributed by atoms with van der Waals surface area (Å²) < 4.78 is 14.8. The summed E-state index contributed by atoms with van der Waals surface area (Å²) in [5.41, 5.74) is 2.30. The minimum atomic E-state index is -0.210. The van der Waals surface area contributed by atoms with Gasteiger partial charge < -0.3 is 5.32 Å². The number of aromatic nitrogens is 4. The molecule has 0 saturated carbocycles. The third-order valence-electron chi connectivity index (χ3n) is 5.69. The molecule has 0 bridgehead atoms. The Morgan fingerprint density at radius 2 is 1.81 bits per heavy atom. The summed E-state index contributed by atoms with van der Waals surface area (Å²) in [4.78, 5) is 22.4. The lowest BCUT2D eigenvalue weighted by Crippen LogP contribution is -2.39. The quantitative estimate of drug-likeness (QED) is 0.520. The number of likely N-dealkylation sites (tertiary alicyclic amines) is 1. The first kappa shape index (κ1) is 19.4. The summed E-state index contributed by atoms with van der Waals surface area (Å²) >= 11 is 0. The molecular weight excluding hydrogens is 395 g/mol. The Labute approximate surface area is 178 Å². The molecule has 0 aliphatic carbocycles. The van der Waals surface area contributed by atoms with Gasteiger partial charge in [0.25, 0.3) is 5.56 Å². The SMILES string of the molecule is O=c1[nH]c(NC2CCN(Cc3ccc(F)cc3)CC2)nc2c1cnn2-c1ccccc1. The molecule has 0 amide bonds. The molecule has 7 nitrogen and oxygen atoms in total. The monoisotopic (exact) mass is 418 g/mol. The van der Waals surface area contributed by atoms with Crippen molar-refractivity contribution in [3.05, 3.63) is 82.5 Å². The second-order valence-electron chi connectivity index (χ2n) is 7.86. The van der Waals surface area contributed by atoms with Gasteiger partial charge in [0.05, 0.1) is 11.9 Å². The fourth-order valence-corrected chi connectivity index (χ4v) is 4.02. The maximum absolute atomic E-state index is 13.1. The zero-order valence-electron chi connectivity index (χ0n) is 17.0. The number of anilines is 1. The van der Waals surface area contributed by atoms with Gasteiger partial charge in [-0.1, -0.05) is 30.3 Å². The summed E-state index contributed by atoms with van der Waals surface area (Å²) in [6, 6.07) is 16.5. The molecular formula is C23H23FN6O. The number of piperidine rings is 1. The Balaban J connectivity index is 1.28. The summed E-state index contributed by atoms with van der Waals surface area (Å²) in [6.45, 7) is 2.65. The molecule has 0 radical (unpaired) electrons. The molecule has 1 aliphatic heterocycles. The van der Waals surface area contributed by atoms with Crippen LogP contribution in [0.3, 0.4) is 0 Å². The van der Waals surface area contributed by atoms with Crippen LogP contribution >= 0.6 is 0 Å². The van der Waals surface area contributed by atoms with Crippen molar-refractivity contribution in [3.8, 4) is 5.69 Å². The topological polar surface area (TPSA) is 78.8 Å². The van der Waals surface area contributed by atoms with Crippen molar-refractivity contribution < 1.29 is 4.39 Å². The smallest absolute Gasteiger partial charge is 0.263 e. The van der Waals surface area contributed by atoms with E-state index >= 15 is 0 Å². The Morgan fingerprint density at radius 3 is 2.55 bits per heavy atom. The minimum absolute atomic E-state index is 0.205. The van der Waals surface area contributed by atoms with Crippen LogP contribution in [0.2, 0.25) is 0 Å². The van der Waals surface area contributed by atoms with Gasteiger partial charge in [0.15, 0.2) is 5.65 Å². The van der Waals surface area contributed by atoms with Crippen molar-refractivity contribution in [1.29, 1.82) is 0 Å². The van der Waals surface area contributed by atoms with E-state index in [1.807, 2.05) is 42.5 Å². The van der Waals surface area contributed by atoms with Crippen LogP contribution in [0.15, 0.2) is 65.6 Å². The third-order valence-corrected chi connectivity index (χ3v) is 5.69. The van der Waals surface area contributed by atoms with E-state index in [1.54, 1.807) is 10.9 Å². The molecule has 5 rings (SSSR count). The normalized spacial score (nSPS) is 15.4. The highest BCUT2D eigenvalue weighted by Crippen LogP contribution is 2.19. The number of benzene rings is 2. The zero-order chi connectivity index (χ0) is 21.2. The number of nitrogens with zero attached hydrogens (tertiary/aromatic N) is 4. The minimum Gasteiger partial charge on any atom is -0.353 e. The highest BCUT2D eigenvalue weighted by molar-refractivity contribution is 5.76. The van der Waals surface area contributed by atoms with Gasteiger partial charge in [0.1, 0.15) is 11.2 Å². The van der Waals surface area contributed by atoms with Gasteiger partial charge in [-0.3, -0.25) is 14.7 Å². The molecule has 0 spiro atoms. The Kier molecular flexibility index (Phi) is 5.21. The van der Waals surface area contributed by atoms with Gasteiger partial charge in [-0.25, -0.2) is 9.07 Å². The summed E-state index contributed by atoms with van der Waals surface area (Å²) in [7, 11) is 0. The predicted octanol–water partition coefficient (Wildman–Crippen LogP) is 3.32. The first-order chi connectivity index (χ1) is 15.2. The van der Waals surface area contributed by atoms with Crippen LogP contribution in [0.1, 0.15) is 18.4 Å². The van der Waals surface area contributed by atoms with Gasteiger partial charge in [0, 0.05) is 25.7 Å². The molecule has 2 aromatic carbocycles. The number of rotatable bonds is 5. The number of aromatic amines is 1. The van der Waals surface area contributed by atoms with Crippen LogP contribution in [0, 0.1) is 5.82 Å².